The van der Waals surface area contributed by atoms with Gasteiger partial charge in [0.15, 0.2) is 5.76 Å². The number of rotatable bonds is 5. The molecule has 3 aromatic rings. The lowest BCUT2D eigenvalue weighted by molar-refractivity contribution is -0.130. The first-order valence-electron chi connectivity index (χ1n) is 10.0. The molecule has 1 unspecified atom stereocenters. The van der Waals surface area contributed by atoms with Crippen molar-refractivity contribution in [3.05, 3.63) is 112 Å². The number of ether oxygens (including phenoxy) is 1. The van der Waals surface area contributed by atoms with E-state index < -0.39 is 17.9 Å². The van der Waals surface area contributed by atoms with Crippen LogP contribution < -0.4 is 0 Å². The molecule has 0 aromatic heterocycles. The molecule has 3 aromatic carbocycles. The molecule has 0 aliphatic carbocycles. The van der Waals surface area contributed by atoms with Gasteiger partial charge in [-0.3, -0.25) is 4.79 Å². The number of aliphatic hydroxyl groups excluding tert-OH is 1. The summed E-state index contributed by atoms with van der Waals surface area (Å²) >= 11 is 0. The lowest BCUT2D eigenvalue weighted by Crippen LogP contribution is -2.29. The smallest absolute Gasteiger partial charge is 0.337 e. The van der Waals surface area contributed by atoms with Crippen LogP contribution in [0.1, 0.15) is 38.7 Å². The number of hydrogen-bond donors (Lipinski definition) is 1. The van der Waals surface area contributed by atoms with Gasteiger partial charge in [-0.25, -0.2) is 4.79 Å². The number of nitrogens with zero attached hydrogens (tertiary/aromatic N) is 1. The van der Waals surface area contributed by atoms with E-state index in [9.17, 15) is 14.7 Å². The standard InChI is InChI=1S/C26H23NO4/c1-17-8-10-18(11-9-17)16-27-23(20-12-14-21(15-13-20)26(30)31-2)22(24(28)25(27)29)19-6-4-3-5-7-19/h3-15,23,28H,16H2,1-2H3. The second-order valence-corrected chi connectivity index (χ2v) is 7.56. The van der Waals surface area contributed by atoms with Crippen LogP contribution in [0, 0.1) is 6.92 Å². The molecular formula is C26H23NO4. The minimum absolute atomic E-state index is 0.250. The minimum Gasteiger partial charge on any atom is -0.503 e. The lowest BCUT2D eigenvalue weighted by atomic mass is 9.93. The lowest BCUT2D eigenvalue weighted by Gasteiger charge is -2.27. The van der Waals surface area contributed by atoms with E-state index >= 15 is 0 Å². The molecule has 0 bridgehead atoms. The van der Waals surface area contributed by atoms with Gasteiger partial charge < -0.3 is 14.7 Å². The van der Waals surface area contributed by atoms with Crippen molar-refractivity contribution in [2.45, 2.75) is 19.5 Å². The minimum atomic E-state index is -0.483. The summed E-state index contributed by atoms with van der Waals surface area (Å²) in [5, 5.41) is 10.8. The summed E-state index contributed by atoms with van der Waals surface area (Å²) in [4.78, 5) is 26.6. The third kappa shape index (κ3) is 3.94. The maximum atomic E-state index is 13.1. The third-order valence-electron chi connectivity index (χ3n) is 5.51. The number of carbonyl (C=O) groups excluding carboxylic acids is 2. The van der Waals surface area contributed by atoms with Crippen molar-refractivity contribution in [2.75, 3.05) is 7.11 Å². The maximum absolute atomic E-state index is 13.1. The average molecular weight is 413 g/mol. The normalized spacial score (nSPS) is 16.0. The summed E-state index contributed by atoms with van der Waals surface area (Å²) in [5.74, 6) is -1.09. The molecule has 156 valence electrons. The van der Waals surface area contributed by atoms with Crippen LogP contribution in [0.3, 0.4) is 0 Å². The van der Waals surface area contributed by atoms with Crippen molar-refractivity contribution in [3.63, 3.8) is 0 Å². The summed E-state index contributed by atoms with van der Waals surface area (Å²) in [6.45, 7) is 2.36. The van der Waals surface area contributed by atoms with E-state index in [1.54, 1.807) is 29.2 Å². The SMILES string of the molecule is COC(=O)c1ccc(C2C(c3ccccc3)=C(O)C(=O)N2Cc2ccc(C)cc2)cc1. The molecule has 0 fully saturated rings. The van der Waals surface area contributed by atoms with E-state index in [4.69, 9.17) is 4.74 Å². The zero-order valence-corrected chi connectivity index (χ0v) is 17.4. The van der Waals surface area contributed by atoms with Gasteiger partial charge in [-0.2, -0.15) is 0 Å². The van der Waals surface area contributed by atoms with Gasteiger partial charge in [-0.05, 0) is 35.7 Å². The Morgan fingerprint density at radius 3 is 2.23 bits per heavy atom. The second kappa shape index (κ2) is 8.48. The zero-order valence-electron chi connectivity index (χ0n) is 17.4. The predicted octanol–water partition coefficient (Wildman–Crippen LogP) is 4.83. The highest BCUT2D eigenvalue weighted by molar-refractivity contribution is 6.05. The molecule has 0 spiro atoms. The Labute approximate surface area is 181 Å². The fourth-order valence-electron chi connectivity index (χ4n) is 3.89. The van der Waals surface area contributed by atoms with E-state index in [-0.39, 0.29) is 5.76 Å². The van der Waals surface area contributed by atoms with Gasteiger partial charge in [0, 0.05) is 12.1 Å². The molecule has 5 nitrogen and oxygen atoms in total. The number of hydrogen-bond acceptors (Lipinski definition) is 4. The number of methoxy groups -OCH3 is 1. The Kier molecular flexibility index (Phi) is 5.58. The topological polar surface area (TPSA) is 66.8 Å². The van der Waals surface area contributed by atoms with Crippen LogP contribution in [-0.2, 0) is 16.1 Å². The third-order valence-corrected chi connectivity index (χ3v) is 5.51. The summed E-state index contributed by atoms with van der Waals surface area (Å²) in [6, 6.07) is 23.8. The van der Waals surface area contributed by atoms with Crippen molar-refractivity contribution >= 4 is 17.4 Å². The molecule has 0 saturated carbocycles. The molecule has 1 N–H and O–H groups in total. The number of amides is 1. The van der Waals surface area contributed by atoms with Crippen LogP contribution in [-0.4, -0.2) is 29.0 Å². The highest BCUT2D eigenvalue weighted by Crippen LogP contribution is 2.43. The fraction of sp³-hybridized carbons (Fsp3) is 0.154. The first kappa shape index (κ1) is 20.4. The van der Waals surface area contributed by atoms with Crippen molar-refractivity contribution in [3.8, 4) is 0 Å². The van der Waals surface area contributed by atoms with Gasteiger partial charge in [0.25, 0.3) is 5.91 Å². The van der Waals surface area contributed by atoms with Crippen molar-refractivity contribution < 1.29 is 19.4 Å². The van der Waals surface area contributed by atoms with E-state index in [1.165, 1.54) is 7.11 Å². The number of carbonyl (C=O) groups is 2. The molecular weight excluding hydrogens is 390 g/mol. The highest BCUT2D eigenvalue weighted by atomic mass is 16.5. The van der Waals surface area contributed by atoms with Crippen molar-refractivity contribution in [1.82, 2.24) is 4.90 Å². The summed E-state index contributed by atoms with van der Waals surface area (Å²) in [5.41, 5.74) is 4.67. The number of benzene rings is 3. The molecule has 1 amide bonds. The zero-order chi connectivity index (χ0) is 22.0. The molecule has 0 saturated heterocycles. The van der Waals surface area contributed by atoms with Crippen LogP contribution in [0.4, 0.5) is 0 Å². The number of esters is 1. The highest BCUT2D eigenvalue weighted by Gasteiger charge is 2.41. The van der Waals surface area contributed by atoms with Crippen LogP contribution in [0.5, 0.6) is 0 Å². The van der Waals surface area contributed by atoms with Gasteiger partial charge in [-0.1, -0.05) is 72.3 Å². The number of aliphatic hydroxyl groups is 1. The Bertz CT molecular complexity index is 1130. The van der Waals surface area contributed by atoms with Gasteiger partial charge >= 0.3 is 5.97 Å². The maximum Gasteiger partial charge on any atom is 0.337 e. The van der Waals surface area contributed by atoms with Gasteiger partial charge in [0.1, 0.15) is 0 Å². The molecule has 5 heteroatoms. The van der Waals surface area contributed by atoms with Crippen molar-refractivity contribution in [1.29, 1.82) is 0 Å². The molecule has 1 heterocycles. The van der Waals surface area contributed by atoms with Crippen LogP contribution in [0.25, 0.3) is 5.57 Å². The molecule has 1 aliphatic heterocycles. The number of aryl methyl sites for hydroxylation is 1. The van der Waals surface area contributed by atoms with E-state index in [0.717, 1.165) is 22.3 Å². The molecule has 1 atom stereocenters. The Morgan fingerprint density at radius 2 is 1.61 bits per heavy atom. The fourth-order valence-corrected chi connectivity index (χ4v) is 3.89. The van der Waals surface area contributed by atoms with E-state index in [2.05, 4.69) is 0 Å². The molecule has 1 aliphatic rings. The predicted molar refractivity (Wildman–Crippen MR) is 118 cm³/mol. The van der Waals surface area contributed by atoms with Crippen LogP contribution in [0.15, 0.2) is 84.6 Å². The first-order chi connectivity index (χ1) is 15.0. The van der Waals surface area contributed by atoms with Crippen LogP contribution in [0.2, 0.25) is 0 Å². The molecule has 0 radical (unpaired) electrons. The van der Waals surface area contributed by atoms with Gasteiger partial charge in [0.05, 0.1) is 18.7 Å². The van der Waals surface area contributed by atoms with E-state index in [0.29, 0.717) is 17.7 Å². The monoisotopic (exact) mass is 413 g/mol. The van der Waals surface area contributed by atoms with Gasteiger partial charge in [-0.15, -0.1) is 0 Å². The Morgan fingerprint density at radius 1 is 0.968 bits per heavy atom. The van der Waals surface area contributed by atoms with Crippen LogP contribution >= 0.6 is 0 Å². The van der Waals surface area contributed by atoms with E-state index in [1.807, 2.05) is 61.5 Å². The summed E-state index contributed by atoms with van der Waals surface area (Å²) in [6.07, 6.45) is 0. The molecule has 4 rings (SSSR count). The molecule has 31 heavy (non-hydrogen) atoms. The Balaban J connectivity index is 1.78. The summed E-state index contributed by atoms with van der Waals surface area (Å²) in [7, 11) is 1.34. The Hall–Kier alpha value is -3.86. The average Bonchev–Trinajstić information content (AvgIpc) is 3.05. The second-order valence-electron chi connectivity index (χ2n) is 7.56. The quantitative estimate of drug-likeness (QED) is 0.608. The summed E-state index contributed by atoms with van der Waals surface area (Å²) < 4.78 is 4.78. The van der Waals surface area contributed by atoms with Crippen molar-refractivity contribution in [2.24, 2.45) is 0 Å². The largest absolute Gasteiger partial charge is 0.503 e. The van der Waals surface area contributed by atoms with Gasteiger partial charge in [0.2, 0.25) is 0 Å². The first-order valence-corrected chi connectivity index (χ1v) is 10.0.